The monoisotopic (exact) mass is 674 g/mol. The first-order chi connectivity index (χ1) is 19.4. The van der Waals surface area contributed by atoms with E-state index in [1.807, 2.05) is 24.3 Å². The molecule has 0 saturated carbocycles. The van der Waals surface area contributed by atoms with E-state index in [4.69, 9.17) is 30.3 Å². The van der Waals surface area contributed by atoms with Crippen LogP contribution >= 0.6 is 15.9 Å². The van der Waals surface area contributed by atoms with E-state index in [0.29, 0.717) is 38.0 Å². The minimum absolute atomic E-state index is 0.0670. The number of benzene rings is 1. The Kier molecular flexibility index (Phi) is 14.2. The smallest absolute Gasteiger partial charge is 0.475 e. The normalized spacial score (nSPS) is 14.2. The molecule has 1 aliphatic rings. The van der Waals surface area contributed by atoms with E-state index >= 15 is 0 Å². The Morgan fingerprint density at radius 3 is 1.83 bits per heavy atom. The molecular formula is C24H25BrF6N4O7. The van der Waals surface area contributed by atoms with Gasteiger partial charge in [0, 0.05) is 48.5 Å². The highest BCUT2D eigenvalue weighted by Crippen LogP contribution is 2.18. The van der Waals surface area contributed by atoms with E-state index in [1.165, 1.54) is 0 Å². The lowest BCUT2D eigenvalue weighted by atomic mass is 10.0. The van der Waals surface area contributed by atoms with Crippen LogP contribution in [-0.4, -0.2) is 81.6 Å². The van der Waals surface area contributed by atoms with Crippen LogP contribution in [-0.2, 0) is 25.5 Å². The summed E-state index contributed by atoms with van der Waals surface area (Å²) >= 11 is 3.39. The van der Waals surface area contributed by atoms with Crippen LogP contribution in [0.2, 0.25) is 0 Å². The number of nitrogens with two attached hydrogens (primary N) is 1. The third-order valence-electron chi connectivity index (χ3n) is 5.13. The van der Waals surface area contributed by atoms with Gasteiger partial charge in [0.2, 0.25) is 5.91 Å². The van der Waals surface area contributed by atoms with Crippen LogP contribution in [0.5, 0.6) is 0 Å². The zero-order chi connectivity index (χ0) is 32.1. The van der Waals surface area contributed by atoms with E-state index in [2.05, 4.69) is 26.2 Å². The Morgan fingerprint density at radius 1 is 0.952 bits per heavy atom. The van der Waals surface area contributed by atoms with Gasteiger partial charge in [-0.05, 0) is 36.2 Å². The van der Waals surface area contributed by atoms with Crippen molar-refractivity contribution in [1.82, 2.24) is 9.88 Å². The largest absolute Gasteiger partial charge is 0.490 e. The SMILES string of the molecule is N[C@H](Cc1ccc(Br)cc1)C(=O)N1CCC(OC(=O)Nc2ccncc2)CC1.O=C(O)C(F)(F)F.O=C(O)C(F)(F)F. The van der Waals surface area contributed by atoms with Crippen molar-refractivity contribution in [3.05, 3.63) is 58.8 Å². The van der Waals surface area contributed by atoms with E-state index < -0.39 is 36.4 Å². The summed E-state index contributed by atoms with van der Waals surface area (Å²) in [4.78, 5) is 48.0. The van der Waals surface area contributed by atoms with Crippen LogP contribution in [0, 0.1) is 0 Å². The minimum atomic E-state index is -5.08. The number of carbonyl (C=O) groups excluding carboxylic acids is 2. The fraction of sp³-hybridized carbons (Fsp3) is 0.375. The van der Waals surface area contributed by atoms with E-state index in [0.717, 1.165) is 10.0 Å². The second kappa shape index (κ2) is 16.5. The van der Waals surface area contributed by atoms with Gasteiger partial charge in [-0.3, -0.25) is 15.1 Å². The van der Waals surface area contributed by atoms with Gasteiger partial charge in [0.1, 0.15) is 6.10 Å². The molecule has 0 radical (unpaired) electrons. The van der Waals surface area contributed by atoms with Crippen LogP contribution in [0.25, 0.3) is 0 Å². The minimum Gasteiger partial charge on any atom is -0.475 e. The first-order valence-corrected chi connectivity index (χ1v) is 12.5. The maximum Gasteiger partial charge on any atom is 0.490 e. The Hall–Kier alpha value is -3.93. The van der Waals surface area contributed by atoms with Crippen molar-refractivity contribution in [1.29, 1.82) is 0 Å². The summed E-state index contributed by atoms with van der Waals surface area (Å²) in [5.41, 5.74) is 7.77. The third kappa shape index (κ3) is 14.1. The predicted molar refractivity (Wildman–Crippen MR) is 137 cm³/mol. The Morgan fingerprint density at radius 2 is 1.40 bits per heavy atom. The number of carboxylic acid groups (broad SMARTS) is 2. The number of amides is 2. The molecule has 3 rings (SSSR count). The summed E-state index contributed by atoms with van der Waals surface area (Å²) in [5.74, 6) is -5.58. The third-order valence-corrected chi connectivity index (χ3v) is 5.65. The van der Waals surface area contributed by atoms with Crippen molar-refractivity contribution >= 4 is 45.6 Å². The number of aliphatic carboxylic acids is 2. The van der Waals surface area contributed by atoms with E-state index in [1.54, 1.807) is 29.4 Å². The molecule has 1 atom stereocenters. The second-order valence-electron chi connectivity index (χ2n) is 8.33. The van der Waals surface area contributed by atoms with Gasteiger partial charge in [-0.25, -0.2) is 14.4 Å². The molecule has 2 aromatic rings. The van der Waals surface area contributed by atoms with Crippen LogP contribution in [0.15, 0.2) is 53.3 Å². The number of nitrogens with zero attached hydrogens (tertiary/aromatic N) is 2. The first-order valence-electron chi connectivity index (χ1n) is 11.7. The molecule has 2 heterocycles. The highest BCUT2D eigenvalue weighted by Gasteiger charge is 2.39. The molecule has 1 saturated heterocycles. The maximum atomic E-state index is 12.6. The number of ether oxygens (including phenoxy) is 1. The van der Waals surface area contributed by atoms with Crippen LogP contribution in [0.3, 0.4) is 0 Å². The zero-order valence-corrected chi connectivity index (χ0v) is 22.9. The van der Waals surface area contributed by atoms with Gasteiger partial charge in [-0.2, -0.15) is 26.3 Å². The average molecular weight is 675 g/mol. The van der Waals surface area contributed by atoms with Gasteiger partial charge in [-0.1, -0.05) is 28.1 Å². The molecule has 1 aliphatic heterocycles. The molecular weight excluding hydrogens is 650 g/mol. The Labute approximate surface area is 242 Å². The second-order valence-corrected chi connectivity index (χ2v) is 9.25. The number of aromatic nitrogens is 1. The molecule has 42 heavy (non-hydrogen) atoms. The van der Waals surface area contributed by atoms with Gasteiger partial charge >= 0.3 is 30.4 Å². The number of hydrogen-bond donors (Lipinski definition) is 4. The van der Waals surface area contributed by atoms with Crippen molar-refractivity contribution in [2.24, 2.45) is 5.73 Å². The van der Waals surface area contributed by atoms with Gasteiger partial charge in [0.25, 0.3) is 0 Å². The number of halogens is 7. The summed E-state index contributed by atoms with van der Waals surface area (Å²) in [6.07, 6.45) is -6.00. The van der Waals surface area contributed by atoms with Crippen LogP contribution < -0.4 is 11.1 Å². The summed E-state index contributed by atoms with van der Waals surface area (Å²) in [6.45, 7) is 1.06. The number of nitrogens with one attached hydrogen (secondary N) is 1. The van der Waals surface area contributed by atoms with Crippen molar-refractivity contribution in [3.63, 3.8) is 0 Å². The van der Waals surface area contributed by atoms with E-state index in [9.17, 15) is 35.9 Å². The summed E-state index contributed by atoms with van der Waals surface area (Å²) < 4.78 is 69.9. The molecule has 0 spiro atoms. The summed E-state index contributed by atoms with van der Waals surface area (Å²) in [6, 6.07) is 10.6. The van der Waals surface area contributed by atoms with Gasteiger partial charge in [-0.15, -0.1) is 0 Å². The number of pyridine rings is 1. The number of carbonyl (C=O) groups is 4. The lowest BCUT2D eigenvalue weighted by molar-refractivity contribution is -0.193. The van der Waals surface area contributed by atoms with Crippen LogP contribution in [0.4, 0.5) is 36.8 Å². The maximum absolute atomic E-state index is 12.6. The van der Waals surface area contributed by atoms with Crippen LogP contribution in [0.1, 0.15) is 18.4 Å². The van der Waals surface area contributed by atoms with Gasteiger partial charge in [0.05, 0.1) is 6.04 Å². The molecule has 18 heteroatoms. The van der Waals surface area contributed by atoms with Crippen molar-refractivity contribution in [2.45, 2.75) is 43.8 Å². The molecule has 0 bridgehead atoms. The average Bonchev–Trinajstić information content (AvgIpc) is 2.90. The molecule has 1 fully saturated rings. The Balaban J connectivity index is 0.000000522. The lowest BCUT2D eigenvalue weighted by Gasteiger charge is -2.33. The van der Waals surface area contributed by atoms with Gasteiger partial charge < -0.3 is 25.6 Å². The quantitative estimate of drug-likeness (QED) is 0.339. The molecule has 1 aromatic carbocycles. The Bertz CT molecular complexity index is 1150. The number of rotatable bonds is 5. The van der Waals surface area contributed by atoms with E-state index in [-0.39, 0.29) is 12.0 Å². The lowest BCUT2D eigenvalue weighted by Crippen LogP contribution is -2.49. The highest BCUT2D eigenvalue weighted by molar-refractivity contribution is 9.10. The predicted octanol–water partition coefficient (Wildman–Crippen LogP) is 4.22. The molecule has 1 aromatic heterocycles. The number of carboxylic acids is 2. The highest BCUT2D eigenvalue weighted by atomic mass is 79.9. The standard InChI is InChI=1S/C20H23BrN4O3.2C2HF3O2/c21-15-3-1-14(2-4-15)13-18(22)19(26)25-11-7-17(8-12-25)28-20(27)24-16-5-9-23-10-6-16;2*3-2(4,5)1(6)7/h1-6,9-10,17-18H,7-8,11-13,22H2,(H,23,24,27);2*(H,6,7)/t18-;;/m1../s1. The summed E-state index contributed by atoms with van der Waals surface area (Å²) in [7, 11) is 0. The molecule has 0 aliphatic carbocycles. The summed E-state index contributed by atoms with van der Waals surface area (Å²) in [5, 5.41) is 16.9. The topological polar surface area (TPSA) is 172 Å². The molecule has 5 N–H and O–H groups in total. The molecule has 232 valence electrons. The van der Waals surface area contributed by atoms with Crippen molar-refractivity contribution in [3.8, 4) is 0 Å². The fourth-order valence-corrected chi connectivity index (χ4v) is 3.39. The number of alkyl halides is 6. The number of anilines is 1. The fourth-order valence-electron chi connectivity index (χ4n) is 3.12. The van der Waals surface area contributed by atoms with Crippen molar-refractivity contribution < 1.29 is 60.5 Å². The number of piperidine rings is 1. The first kappa shape index (κ1) is 36.1. The number of hydrogen-bond acceptors (Lipinski definition) is 7. The van der Waals surface area contributed by atoms with Crippen molar-refractivity contribution in [2.75, 3.05) is 18.4 Å². The molecule has 11 nitrogen and oxygen atoms in total. The zero-order valence-electron chi connectivity index (χ0n) is 21.4. The molecule has 0 unspecified atom stereocenters. The number of likely N-dealkylation sites (tertiary alicyclic amines) is 1. The molecule has 2 amide bonds. The van der Waals surface area contributed by atoms with Gasteiger partial charge in [0.15, 0.2) is 0 Å².